The normalized spacial score (nSPS) is 28.1. The van der Waals surface area contributed by atoms with Gasteiger partial charge in [0.2, 0.25) is 0 Å². The standard InChI is InChI=1S/C12H26O2Si.C6H15ClSi.C6H12O2/c1-12(2,3)15(4,5)14-11-8-6-7-10(13)9-11;1-6(2,3)8(4,5)7;7-5-2-1-3-6(8)4-5/h10-11,13H,6-9H2,1-5H3;1-5H3;5-8H,1-4H2. The van der Waals surface area contributed by atoms with Crippen molar-refractivity contribution in [3.05, 3.63) is 0 Å². The van der Waals surface area contributed by atoms with Crippen LogP contribution in [0.25, 0.3) is 0 Å². The van der Waals surface area contributed by atoms with E-state index in [9.17, 15) is 5.11 Å². The molecular formula is C24H53ClO4Si2. The second-order valence-electron chi connectivity index (χ2n) is 12.5. The zero-order valence-corrected chi connectivity index (χ0v) is 24.9. The summed E-state index contributed by atoms with van der Waals surface area (Å²) in [5.41, 5.74) is 0. The van der Waals surface area contributed by atoms with Crippen molar-refractivity contribution in [3.63, 3.8) is 0 Å². The van der Waals surface area contributed by atoms with Crippen molar-refractivity contribution in [1.82, 2.24) is 0 Å². The second kappa shape index (κ2) is 12.9. The molecule has 2 aliphatic carbocycles. The maximum Gasteiger partial charge on any atom is 0.192 e. The molecule has 4 atom stereocenters. The van der Waals surface area contributed by atoms with E-state index >= 15 is 0 Å². The molecule has 0 spiro atoms. The third-order valence-corrected chi connectivity index (χ3v) is 17.1. The molecule has 2 rings (SSSR count). The minimum atomic E-state index is -1.63. The van der Waals surface area contributed by atoms with E-state index in [0.29, 0.717) is 17.6 Å². The van der Waals surface area contributed by atoms with Crippen molar-refractivity contribution in [2.24, 2.45) is 0 Å². The summed E-state index contributed by atoms with van der Waals surface area (Å²) in [5, 5.41) is 28.1. The molecule has 2 fully saturated rings. The Morgan fingerprint density at radius 3 is 1.29 bits per heavy atom. The molecule has 0 heterocycles. The third kappa shape index (κ3) is 13.1. The first-order chi connectivity index (χ1) is 13.8. The zero-order valence-electron chi connectivity index (χ0n) is 22.1. The molecule has 2 aliphatic rings. The molecule has 0 aromatic rings. The van der Waals surface area contributed by atoms with Crippen molar-refractivity contribution in [1.29, 1.82) is 0 Å². The van der Waals surface area contributed by atoms with Gasteiger partial charge in [-0.15, -0.1) is 0 Å². The minimum Gasteiger partial charge on any atom is -0.414 e. The molecule has 188 valence electrons. The summed E-state index contributed by atoms with van der Waals surface area (Å²) in [6, 6.07) is 0. The van der Waals surface area contributed by atoms with E-state index in [2.05, 4.69) is 67.7 Å². The highest BCUT2D eigenvalue weighted by atomic mass is 35.6. The van der Waals surface area contributed by atoms with Gasteiger partial charge >= 0.3 is 0 Å². The lowest BCUT2D eigenvalue weighted by Crippen LogP contribution is -2.45. The monoisotopic (exact) mass is 496 g/mol. The van der Waals surface area contributed by atoms with Gasteiger partial charge in [-0.2, -0.15) is 11.1 Å². The van der Waals surface area contributed by atoms with Gasteiger partial charge in [0.15, 0.2) is 15.7 Å². The molecule has 0 amide bonds. The number of halogens is 1. The highest BCUT2D eigenvalue weighted by Crippen LogP contribution is 2.39. The largest absolute Gasteiger partial charge is 0.414 e. The molecule has 7 heteroatoms. The number of aliphatic hydroxyl groups excluding tert-OH is 3. The van der Waals surface area contributed by atoms with Crippen LogP contribution >= 0.6 is 11.1 Å². The fourth-order valence-electron chi connectivity index (χ4n) is 2.96. The van der Waals surface area contributed by atoms with Gasteiger partial charge in [-0.1, -0.05) is 54.6 Å². The Morgan fingerprint density at radius 1 is 0.677 bits per heavy atom. The van der Waals surface area contributed by atoms with Crippen molar-refractivity contribution in [2.45, 2.75) is 154 Å². The van der Waals surface area contributed by atoms with Crippen LogP contribution < -0.4 is 0 Å². The number of rotatable bonds is 2. The molecule has 0 bridgehead atoms. The molecule has 3 N–H and O–H groups in total. The highest BCUT2D eigenvalue weighted by molar-refractivity contribution is 7.20. The molecule has 2 saturated carbocycles. The molecule has 0 saturated heterocycles. The van der Waals surface area contributed by atoms with E-state index in [1.165, 1.54) is 0 Å². The lowest BCUT2D eigenvalue weighted by Gasteiger charge is -2.41. The smallest absolute Gasteiger partial charge is 0.192 e. The summed E-state index contributed by atoms with van der Waals surface area (Å²) in [5.74, 6) is 0. The lowest BCUT2D eigenvalue weighted by molar-refractivity contribution is 0.0406. The van der Waals surface area contributed by atoms with Crippen LogP contribution in [0.1, 0.15) is 92.9 Å². The fourth-order valence-corrected chi connectivity index (χ4v) is 4.36. The minimum absolute atomic E-state index is 0.131. The molecule has 0 aliphatic heterocycles. The Hall–Kier alpha value is 0.564. The Bertz CT molecular complexity index is 475. The molecule has 0 aromatic heterocycles. The Labute approximate surface area is 200 Å². The first-order valence-corrected chi connectivity index (χ1v) is 19.1. The van der Waals surface area contributed by atoms with Gasteiger partial charge in [0.05, 0.1) is 18.3 Å². The fraction of sp³-hybridized carbons (Fsp3) is 1.00. The number of hydrogen-bond donors (Lipinski definition) is 3. The van der Waals surface area contributed by atoms with Gasteiger partial charge in [-0.3, -0.25) is 0 Å². The summed E-state index contributed by atoms with van der Waals surface area (Å²) in [6.45, 7) is 22.3. The van der Waals surface area contributed by atoms with E-state index in [0.717, 1.165) is 44.9 Å². The Balaban J connectivity index is 0.000000477. The van der Waals surface area contributed by atoms with E-state index < -0.39 is 15.7 Å². The summed E-state index contributed by atoms with van der Waals surface area (Å²) in [6.07, 6.45) is 7.03. The summed E-state index contributed by atoms with van der Waals surface area (Å²) >= 11 is 6.15. The maximum atomic E-state index is 9.61. The quantitative estimate of drug-likeness (QED) is 0.289. The lowest BCUT2D eigenvalue weighted by atomic mass is 9.95. The Morgan fingerprint density at radius 2 is 1.03 bits per heavy atom. The van der Waals surface area contributed by atoms with Gasteiger partial charge < -0.3 is 19.7 Å². The molecule has 0 radical (unpaired) electrons. The van der Waals surface area contributed by atoms with Crippen LogP contribution in [0.2, 0.25) is 36.3 Å². The highest BCUT2D eigenvalue weighted by Gasteiger charge is 2.39. The predicted molar refractivity (Wildman–Crippen MR) is 140 cm³/mol. The van der Waals surface area contributed by atoms with Crippen molar-refractivity contribution in [2.75, 3.05) is 0 Å². The molecule has 0 aromatic carbocycles. The number of hydrogen-bond acceptors (Lipinski definition) is 4. The van der Waals surface area contributed by atoms with Gasteiger partial charge in [0.1, 0.15) is 0 Å². The van der Waals surface area contributed by atoms with Gasteiger partial charge in [0.25, 0.3) is 0 Å². The summed E-state index contributed by atoms with van der Waals surface area (Å²) < 4.78 is 6.29. The molecule has 4 nitrogen and oxygen atoms in total. The maximum absolute atomic E-state index is 9.61. The van der Waals surface area contributed by atoms with E-state index in [1.807, 2.05) is 0 Å². The molecule has 31 heavy (non-hydrogen) atoms. The number of aliphatic hydroxyl groups is 3. The average Bonchev–Trinajstić information content (AvgIpc) is 2.52. The van der Waals surface area contributed by atoms with E-state index in [-0.39, 0.29) is 23.4 Å². The van der Waals surface area contributed by atoms with Crippen LogP contribution in [0.3, 0.4) is 0 Å². The van der Waals surface area contributed by atoms with Crippen LogP contribution in [-0.4, -0.2) is 55.4 Å². The first kappa shape index (κ1) is 31.6. The topological polar surface area (TPSA) is 69.9 Å². The SMILES string of the molecule is CC(C)(C)[Si](C)(C)Cl.CC(C)(C)[Si](C)(C)OC1CCCC(O)C1.OC1CCCC(O)C1. The van der Waals surface area contributed by atoms with Crippen LogP contribution in [-0.2, 0) is 4.43 Å². The second-order valence-corrected chi connectivity index (χ2v) is 24.6. The van der Waals surface area contributed by atoms with Crippen LogP contribution in [0, 0.1) is 0 Å². The van der Waals surface area contributed by atoms with Crippen LogP contribution in [0.4, 0.5) is 0 Å². The van der Waals surface area contributed by atoms with E-state index in [4.69, 9.17) is 25.7 Å². The van der Waals surface area contributed by atoms with Crippen molar-refractivity contribution < 1.29 is 19.7 Å². The van der Waals surface area contributed by atoms with Crippen molar-refractivity contribution >= 4 is 26.8 Å². The first-order valence-electron chi connectivity index (χ1n) is 12.2. The van der Waals surface area contributed by atoms with Gasteiger partial charge in [0, 0.05) is 6.10 Å². The van der Waals surface area contributed by atoms with Crippen LogP contribution in [0.15, 0.2) is 0 Å². The van der Waals surface area contributed by atoms with Crippen LogP contribution in [0.5, 0.6) is 0 Å². The summed E-state index contributed by atoms with van der Waals surface area (Å²) in [7, 11) is -3.02. The van der Waals surface area contributed by atoms with Gasteiger partial charge in [-0.25, -0.2) is 0 Å². The van der Waals surface area contributed by atoms with Gasteiger partial charge in [-0.05, 0) is 74.5 Å². The van der Waals surface area contributed by atoms with Crippen molar-refractivity contribution in [3.8, 4) is 0 Å². The summed E-state index contributed by atoms with van der Waals surface area (Å²) in [4.78, 5) is 0. The third-order valence-electron chi connectivity index (χ3n) is 7.27. The Kier molecular flexibility index (Phi) is 13.1. The molecular weight excluding hydrogens is 444 g/mol. The van der Waals surface area contributed by atoms with E-state index in [1.54, 1.807) is 0 Å². The average molecular weight is 497 g/mol. The zero-order chi connectivity index (χ0) is 24.7. The molecule has 4 unspecified atom stereocenters. The predicted octanol–water partition coefficient (Wildman–Crippen LogP) is 6.82.